The van der Waals surface area contributed by atoms with Crippen LogP contribution in [0.4, 0.5) is 0 Å². The molecule has 1 amide bonds. The summed E-state index contributed by atoms with van der Waals surface area (Å²) >= 11 is 0. The average Bonchev–Trinajstić information content (AvgIpc) is 3.06. The van der Waals surface area contributed by atoms with Crippen LogP contribution in [-0.2, 0) is 27.6 Å². The van der Waals surface area contributed by atoms with Crippen LogP contribution < -0.4 is 0 Å². The minimum Gasteiger partial charge on any atom is -0.502 e. The molecule has 0 radical (unpaired) electrons. The van der Waals surface area contributed by atoms with Crippen LogP contribution in [0.25, 0.3) is 0 Å². The van der Waals surface area contributed by atoms with Crippen molar-refractivity contribution in [1.82, 2.24) is 4.90 Å². The maximum absolute atomic E-state index is 13.7. The largest absolute Gasteiger partial charge is 0.502 e. The zero-order valence-corrected chi connectivity index (χ0v) is 19.8. The fraction of sp³-hybridized carbons (Fsp3) is 0.222. The number of amides is 1. The van der Waals surface area contributed by atoms with E-state index in [4.69, 9.17) is 0 Å². The van der Waals surface area contributed by atoms with E-state index < -0.39 is 27.5 Å². The van der Waals surface area contributed by atoms with Crippen LogP contribution in [0.3, 0.4) is 0 Å². The topological polar surface area (TPSA) is 74.7 Å². The first-order valence-electron chi connectivity index (χ1n) is 10.9. The highest BCUT2D eigenvalue weighted by Crippen LogP contribution is 2.43. The van der Waals surface area contributed by atoms with Crippen molar-refractivity contribution < 1.29 is 18.3 Å². The Hall–Kier alpha value is -3.38. The normalized spacial score (nSPS) is 16.5. The molecule has 1 atom stereocenters. The molecular weight excluding hydrogens is 434 g/mol. The summed E-state index contributed by atoms with van der Waals surface area (Å²) in [5.41, 5.74) is 4.60. The van der Waals surface area contributed by atoms with Crippen molar-refractivity contribution in [3.05, 3.63) is 111 Å². The summed E-state index contributed by atoms with van der Waals surface area (Å²) in [6.45, 7) is 6.06. The van der Waals surface area contributed by atoms with Gasteiger partial charge in [0.25, 0.3) is 5.91 Å². The van der Waals surface area contributed by atoms with Gasteiger partial charge in [0.2, 0.25) is 9.84 Å². The molecule has 0 aliphatic carbocycles. The molecule has 4 rings (SSSR count). The predicted octanol–water partition coefficient (Wildman–Crippen LogP) is 5.19. The van der Waals surface area contributed by atoms with E-state index in [2.05, 4.69) is 0 Å². The van der Waals surface area contributed by atoms with Crippen LogP contribution in [0, 0.1) is 13.8 Å². The molecule has 1 aliphatic rings. The van der Waals surface area contributed by atoms with Gasteiger partial charge in [-0.3, -0.25) is 4.79 Å². The molecule has 1 heterocycles. The highest BCUT2D eigenvalue weighted by atomic mass is 32.2. The Morgan fingerprint density at radius 2 is 1.33 bits per heavy atom. The lowest BCUT2D eigenvalue weighted by Crippen LogP contribution is -2.30. The van der Waals surface area contributed by atoms with Crippen LogP contribution in [0.5, 0.6) is 0 Å². The Morgan fingerprint density at radius 1 is 0.818 bits per heavy atom. The third-order valence-corrected chi connectivity index (χ3v) is 7.94. The van der Waals surface area contributed by atoms with Crippen molar-refractivity contribution in [2.75, 3.05) is 0 Å². The molecule has 3 aromatic carbocycles. The van der Waals surface area contributed by atoms with Gasteiger partial charge in [0, 0.05) is 6.54 Å². The molecule has 0 fully saturated rings. The third kappa shape index (κ3) is 4.31. The first kappa shape index (κ1) is 22.8. The molecule has 0 saturated carbocycles. The molecule has 1 aliphatic heterocycles. The van der Waals surface area contributed by atoms with Gasteiger partial charge in [-0.05, 0) is 49.1 Å². The van der Waals surface area contributed by atoms with Gasteiger partial charge < -0.3 is 10.0 Å². The summed E-state index contributed by atoms with van der Waals surface area (Å²) in [4.78, 5) is 14.4. The van der Waals surface area contributed by atoms with E-state index in [9.17, 15) is 18.3 Å². The van der Waals surface area contributed by atoms with Crippen LogP contribution in [0.2, 0.25) is 0 Å². The summed E-state index contributed by atoms with van der Waals surface area (Å²) in [5, 5.41) is 10.8. The summed E-state index contributed by atoms with van der Waals surface area (Å²) in [6, 6.07) is 20.7. The molecule has 33 heavy (non-hydrogen) atoms. The Labute approximate surface area is 194 Å². The van der Waals surface area contributed by atoms with Crippen molar-refractivity contribution >= 4 is 15.7 Å². The quantitative estimate of drug-likeness (QED) is 0.548. The molecule has 170 valence electrons. The number of aryl methyl sites for hydroxylation is 3. The van der Waals surface area contributed by atoms with E-state index in [0.29, 0.717) is 5.56 Å². The molecule has 5 nitrogen and oxygen atoms in total. The molecule has 0 aromatic heterocycles. The lowest BCUT2D eigenvalue weighted by molar-refractivity contribution is -0.130. The van der Waals surface area contributed by atoms with E-state index in [0.717, 1.165) is 28.7 Å². The third-order valence-electron chi connectivity index (χ3n) is 6.05. The number of carbonyl (C=O) groups excluding carboxylic acids is 1. The van der Waals surface area contributed by atoms with E-state index >= 15 is 0 Å². The number of benzene rings is 3. The molecular formula is C27H27NO4S. The van der Waals surface area contributed by atoms with E-state index in [1.807, 2.05) is 69.3 Å². The Morgan fingerprint density at radius 3 is 1.88 bits per heavy atom. The van der Waals surface area contributed by atoms with Gasteiger partial charge in [-0.25, -0.2) is 8.42 Å². The maximum atomic E-state index is 13.7. The van der Waals surface area contributed by atoms with Gasteiger partial charge in [0.15, 0.2) is 5.76 Å². The molecule has 3 aromatic rings. The number of carbonyl (C=O) groups is 1. The van der Waals surface area contributed by atoms with Crippen LogP contribution in [-0.4, -0.2) is 24.3 Å². The van der Waals surface area contributed by atoms with Crippen LogP contribution in [0.1, 0.15) is 40.8 Å². The standard InChI is InChI=1S/C27H27NO4S/c1-4-20-11-13-22(14-12-20)24-26(33(31,32)23-15-7-19(3)8-16-23)25(29)27(30)28(24)17-21-9-5-18(2)6-10-21/h5-16,24,29H,4,17H2,1-3H3. The first-order valence-corrected chi connectivity index (χ1v) is 12.4. The zero-order chi connectivity index (χ0) is 23.8. The summed E-state index contributed by atoms with van der Waals surface area (Å²) in [6.07, 6.45) is 0.840. The predicted molar refractivity (Wildman–Crippen MR) is 128 cm³/mol. The number of aliphatic hydroxyl groups excluding tert-OH is 1. The number of aliphatic hydroxyl groups is 1. The minimum atomic E-state index is -4.12. The second kappa shape index (κ2) is 8.87. The monoisotopic (exact) mass is 461 g/mol. The van der Waals surface area contributed by atoms with Gasteiger partial charge >= 0.3 is 0 Å². The fourth-order valence-corrected chi connectivity index (χ4v) is 5.72. The van der Waals surface area contributed by atoms with Gasteiger partial charge in [-0.1, -0.05) is 78.7 Å². The molecule has 0 bridgehead atoms. The second-order valence-corrected chi connectivity index (χ2v) is 10.4. The van der Waals surface area contributed by atoms with E-state index in [1.165, 1.54) is 17.0 Å². The molecule has 6 heteroatoms. The van der Waals surface area contributed by atoms with Crippen molar-refractivity contribution in [3.63, 3.8) is 0 Å². The first-order chi connectivity index (χ1) is 15.7. The van der Waals surface area contributed by atoms with Crippen LogP contribution >= 0.6 is 0 Å². The second-order valence-electron chi connectivity index (χ2n) is 8.45. The number of rotatable bonds is 6. The van der Waals surface area contributed by atoms with Crippen molar-refractivity contribution in [3.8, 4) is 0 Å². The molecule has 1 N–H and O–H groups in total. The van der Waals surface area contributed by atoms with Crippen LogP contribution in [0.15, 0.2) is 88.4 Å². The molecule has 0 spiro atoms. The van der Waals surface area contributed by atoms with Gasteiger partial charge in [0.1, 0.15) is 4.91 Å². The number of hydrogen-bond donors (Lipinski definition) is 1. The summed E-state index contributed by atoms with van der Waals surface area (Å²) in [5.74, 6) is -1.40. The van der Waals surface area contributed by atoms with Crippen molar-refractivity contribution in [2.45, 2.75) is 44.7 Å². The summed E-state index contributed by atoms with van der Waals surface area (Å²) < 4.78 is 27.3. The smallest absolute Gasteiger partial charge is 0.290 e. The zero-order valence-electron chi connectivity index (χ0n) is 18.9. The average molecular weight is 462 g/mol. The number of nitrogens with zero attached hydrogens (tertiary/aromatic N) is 1. The summed E-state index contributed by atoms with van der Waals surface area (Å²) in [7, 11) is -4.12. The Bertz CT molecular complexity index is 1310. The van der Waals surface area contributed by atoms with Crippen molar-refractivity contribution in [2.24, 2.45) is 0 Å². The van der Waals surface area contributed by atoms with E-state index in [-0.39, 0.29) is 16.3 Å². The van der Waals surface area contributed by atoms with Gasteiger partial charge in [0.05, 0.1) is 10.9 Å². The van der Waals surface area contributed by atoms with E-state index in [1.54, 1.807) is 12.1 Å². The SMILES string of the molecule is CCc1ccc(C2C(S(=O)(=O)c3ccc(C)cc3)=C(O)C(=O)N2Cc2ccc(C)cc2)cc1. The highest BCUT2D eigenvalue weighted by molar-refractivity contribution is 7.95. The number of hydrogen-bond acceptors (Lipinski definition) is 4. The van der Waals surface area contributed by atoms with Gasteiger partial charge in [-0.2, -0.15) is 0 Å². The Kier molecular flexibility index (Phi) is 6.13. The van der Waals surface area contributed by atoms with Gasteiger partial charge in [-0.15, -0.1) is 0 Å². The maximum Gasteiger partial charge on any atom is 0.290 e. The minimum absolute atomic E-state index is 0.0508. The van der Waals surface area contributed by atoms with Crippen molar-refractivity contribution in [1.29, 1.82) is 0 Å². The molecule has 1 unspecified atom stereocenters. The lowest BCUT2D eigenvalue weighted by atomic mass is 10.0. The Balaban J connectivity index is 1.84. The number of sulfone groups is 1. The fourth-order valence-electron chi connectivity index (χ4n) is 4.07. The highest BCUT2D eigenvalue weighted by Gasteiger charge is 2.46. The lowest BCUT2D eigenvalue weighted by Gasteiger charge is -2.27. The molecule has 0 saturated heterocycles.